The van der Waals surface area contributed by atoms with Gasteiger partial charge in [-0.25, -0.2) is 12.7 Å². The van der Waals surface area contributed by atoms with Crippen LogP contribution in [0.4, 0.5) is 0 Å². The van der Waals surface area contributed by atoms with E-state index in [2.05, 4.69) is 28.2 Å². The fourth-order valence-electron chi connectivity index (χ4n) is 1.83. The molecule has 116 valence electrons. The summed E-state index contributed by atoms with van der Waals surface area (Å²) in [5, 5.41) is 3.18. The molecule has 0 saturated heterocycles. The summed E-state index contributed by atoms with van der Waals surface area (Å²) >= 11 is 3.20. The van der Waals surface area contributed by atoms with Crippen molar-refractivity contribution >= 4 is 26.0 Å². The van der Waals surface area contributed by atoms with Crippen molar-refractivity contribution in [3.05, 3.63) is 16.5 Å². The molecule has 0 radical (unpaired) electrons. The summed E-state index contributed by atoms with van der Waals surface area (Å²) in [6.45, 7) is 7.90. The molecule has 1 rings (SSSR count). The van der Waals surface area contributed by atoms with Crippen LogP contribution in [0.1, 0.15) is 33.0 Å². The third kappa shape index (κ3) is 4.58. The van der Waals surface area contributed by atoms with Crippen LogP contribution in [0, 0.1) is 5.92 Å². The van der Waals surface area contributed by atoms with Gasteiger partial charge >= 0.3 is 0 Å². The molecule has 0 aliphatic carbocycles. The SMILES string of the molecule is CCCNCc1cc(S(=O)(=O)N(C)CC(C)C)c(Br)o1. The Morgan fingerprint density at radius 1 is 1.45 bits per heavy atom. The Hall–Kier alpha value is -0.370. The van der Waals surface area contributed by atoms with Crippen molar-refractivity contribution < 1.29 is 12.8 Å². The first-order chi connectivity index (χ1) is 9.28. The van der Waals surface area contributed by atoms with Crippen LogP contribution < -0.4 is 5.32 Å². The highest BCUT2D eigenvalue weighted by atomic mass is 79.9. The summed E-state index contributed by atoms with van der Waals surface area (Å²) in [5.41, 5.74) is 0. The lowest BCUT2D eigenvalue weighted by Gasteiger charge is -2.18. The number of furan rings is 1. The van der Waals surface area contributed by atoms with Crippen LogP contribution in [-0.4, -0.2) is 32.9 Å². The van der Waals surface area contributed by atoms with Gasteiger partial charge in [0.1, 0.15) is 10.7 Å². The first-order valence-electron chi connectivity index (χ1n) is 6.74. The molecule has 0 spiro atoms. The van der Waals surface area contributed by atoms with Gasteiger partial charge in [-0.1, -0.05) is 20.8 Å². The second kappa shape index (κ2) is 7.59. The number of nitrogens with zero attached hydrogens (tertiary/aromatic N) is 1. The van der Waals surface area contributed by atoms with Gasteiger partial charge in [-0.05, 0) is 34.8 Å². The predicted octanol–water partition coefficient (Wildman–Crippen LogP) is 2.82. The van der Waals surface area contributed by atoms with E-state index in [0.717, 1.165) is 13.0 Å². The third-order valence-corrected chi connectivity index (χ3v) is 5.42. The van der Waals surface area contributed by atoms with E-state index < -0.39 is 10.0 Å². The van der Waals surface area contributed by atoms with Crippen LogP contribution in [-0.2, 0) is 16.6 Å². The van der Waals surface area contributed by atoms with Crippen molar-refractivity contribution in [3.8, 4) is 0 Å². The summed E-state index contributed by atoms with van der Waals surface area (Å²) in [7, 11) is -1.92. The molecule has 1 aromatic heterocycles. The van der Waals surface area contributed by atoms with Gasteiger partial charge in [0, 0.05) is 19.7 Å². The smallest absolute Gasteiger partial charge is 0.247 e. The monoisotopic (exact) mass is 366 g/mol. The molecule has 20 heavy (non-hydrogen) atoms. The maximum atomic E-state index is 12.4. The summed E-state index contributed by atoms with van der Waals surface area (Å²) in [6.07, 6.45) is 1.02. The maximum absolute atomic E-state index is 12.4. The minimum atomic E-state index is -3.51. The van der Waals surface area contributed by atoms with Crippen LogP contribution in [0.5, 0.6) is 0 Å². The number of sulfonamides is 1. The molecular formula is C13H23BrN2O3S. The van der Waals surface area contributed by atoms with Gasteiger partial charge in [0.15, 0.2) is 4.67 Å². The molecule has 1 heterocycles. The van der Waals surface area contributed by atoms with E-state index in [4.69, 9.17) is 4.42 Å². The van der Waals surface area contributed by atoms with E-state index >= 15 is 0 Å². The molecule has 0 aliphatic rings. The van der Waals surface area contributed by atoms with Crippen molar-refractivity contribution in [1.29, 1.82) is 0 Å². The molecule has 0 saturated carbocycles. The van der Waals surface area contributed by atoms with Crippen LogP contribution >= 0.6 is 15.9 Å². The fourth-order valence-corrected chi connectivity index (χ4v) is 4.12. The molecule has 0 bridgehead atoms. The average molecular weight is 367 g/mol. The van der Waals surface area contributed by atoms with E-state index in [1.165, 1.54) is 4.31 Å². The Morgan fingerprint density at radius 3 is 2.65 bits per heavy atom. The number of halogens is 1. The second-order valence-corrected chi connectivity index (χ2v) is 7.94. The molecule has 7 heteroatoms. The zero-order valence-corrected chi connectivity index (χ0v) is 14.8. The minimum absolute atomic E-state index is 0.189. The molecule has 0 aromatic carbocycles. The van der Waals surface area contributed by atoms with Gasteiger partial charge in [-0.3, -0.25) is 0 Å². The van der Waals surface area contributed by atoms with Crippen molar-refractivity contribution in [2.45, 2.75) is 38.6 Å². The second-order valence-electron chi connectivity index (χ2n) is 5.21. The quantitative estimate of drug-likeness (QED) is 0.718. The molecule has 0 fully saturated rings. The van der Waals surface area contributed by atoms with Gasteiger partial charge in [-0.15, -0.1) is 0 Å². The van der Waals surface area contributed by atoms with E-state index in [1.54, 1.807) is 13.1 Å². The van der Waals surface area contributed by atoms with Crippen molar-refractivity contribution in [2.24, 2.45) is 5.92 Å². The molecule has 1 aromatic rings. The third-order valence-electron chi connectivity index (χ3n) is 2.74. The van der Waals surface area contributed by atoms with E-state index in [-0.39, 0.29) is 15.5 Å². The van der Waals surface area contributed by atoms with E-state index in [0.29, 0.717) is 18.8 Å². The fraction of sp³-hybridized carbons (Fsp3) is 0.692. The van der Waals surface area contributed by atoms with Crippen molar-refractivity contribution in [3.63, 3.8) is 0 Å². The standard InChI is InChI=1S/C13H23BrN2O3S/c1-5-6-15-8-11-7-12(13(14)19-11)20(17,18)16(4)9-10(2)3/h7,10,15H,5-6,8-9H2,1-4H3. The lowest BCUT2D eigenvalue weighted by Crippen LogP contribution is -2.30. The summed E-state index contributed by atoms with van der Waals surface area (Å²) < 4.78 is 32.0. The number of rotatable bonds is 8. The molecule has 5 nitrogen and oxygen atoms in total. The molecule has 0 unspecified atom stereocenters. The Morgan fingerprint density at radius 2 is 2.10 bits per heavy atom. The first-order valence-corrected chi connectivity index (χ1v) is 8.97. The highest BCUT2D eigenvalue weighted by Crippen LogP contribution is 2.28. The zero-order valence-electron chi connectivity index (χ0n) is 12.4. The van der Waals surface area contributed by atoms with Crippen LogP contribution in [0.25, 0.3) is 0 Å². The molecule has 0 amide bonds. The molecule has 0 atom stereocenters. The lowest BCUT2D eigenvalue weighted by atomic mass is 10.2. The van der Waals surface area contributed by atoms with Crippen LogP contribution in [0.3, 0.4) is 0 Å². The van der Waals surface area contributed by atoms with Crippen molar-refractivity contribution in [2.75, 3.05) is 20.1 Å². The van der Waals surface area contributed by atoms with Crippen LogP contribution in [0.15, 0.2) is 20.0 Å². The van der Waals surface area contributed by atoms with Gasteiger partial charge in [0.25, 0.3) is 0 Å². The van der Waals surface area contributed by atoms with E-state index in [9.17, 15) is 8.42 Å². The number of hydrogen-bond donors (Lipinski definition) is 1. The lowest BCUT2D eigenvalue weighted by molar-refractivity contribution is 0.414. The van der Waals surface area contributed by atoms with Gasteiger partial charge < -0.3 is 9.73 Å². The molecular weight excluding hydrogens is 344 g/mol. The maximum Gasteiger partial charge on any atom is 0.247 e. The predicted molar refractivity (Wildman–Crippen MR) is 83.1 cm³/mol. The number of nitrogens with one attached hydrogen (secondary N) is 1. The highest BCUT2D eigenvalue weighted by molar-refractivity contribution is 9.10. The first kappa shape index (κ1) is 17.7. The summed E-state index contributed by atoms with van der Waals surface area (Å²) in [6, 6.07) is 1.58. The topological polar surface area (TPSA) is 62.6 Å². The Labute approximate surface area is 129 Å². The van der Waals surface area contributed by atoms with Crippen molar-refractivity contribution in [1.82, 2.24) is 9.62 Å². The highest BCUT2D eigenvalue weighted by Gasteiger charge is 2.27. The zero-order chi connectivity index (χ0) is 15.3. The average Bonchev–Trinajstić information content (AvgIpc) is 2.70. The van der Waals surface area contributed by atoms with E-state index in [1.807, 2.05) is 13.8 Å². The number of hydrogen-bond acceptors (Lipinski definition) is 4. The van der Waals surface area contributed by atoms with Gasteiger partial charge in [-0.2, -0.15) is 0 Å². The molecule has 1 N–H and O–H groups in total. The summed E-state index contributed by atoms with van der Waals surface area (Å²) in [4.78, 5) is 0.189. The minimum Gasteiger partial charge on any atom is -0.452 e. The normalized spacial score (nSPS) is 12.6. The van der Waals surface area contributed by atoms with Gasteiger partial charge in [0.2, 0.25) is 10.0 Å². The largest absolute Gasteiger partial charge is 0.452 e. The Bertz CT molecular complexity index is 526. The Balaban J connectivity index is 2.89. The van der Waals surface area contributed by atoms with Gasteiger partial charge in [0.05, 0.1) is 6.54 Å². The van der Waals surface area contributed by atoms with Crippen LogP contribution in [0.2, 0.25) is 0 Å². The summed E-state index contributed by atoms with van der Waals surface area (Å²) in [5.74, 6) is 0.882. The Kier molecular flexibility index (Phi) is 6.71. The molecule has 0 aliphatic heterocycles.